The van der Waals surface area contributed by atoms with E-state index in [0.29, 0.717) is 0 Å². The molecule has 9 heteroatoms. The van der Waals surface area contributed by atoms with Gasteiger partial charge in [0, 0.05) is 13.1 Å². The van der Waals surface area contributed by atoms with Crippen molar-refractivity contribution in [2.24, 2.45) is 5.73 Å². The number of esters is 1. The molecule has 104 valence electrons. The molecule has 2 N–H and O–H groups in total. The summed E-state index contributed by atoms with van der Waals surface area (Å²) in [6, 6.07) is 0. The first kappa shape index (κ1) is 15.3. The van der Waals surface area contributed by atoms with Gasteiger partial charge in [-0.25, -0.2) is 8.42 Å². The van der Waals surface area contributed by atoms with Crippen molar-refractivity contribution in [3.05, 3.63) is 0 Å². The number of carbonyl (C=O) groups excluding carboxylic acids is 1. The lowest BCUT2D eigenvalue weighted by molar-refractivity contribution is -0.139. The zero-order valence-corrected chi connectivity index (χ0v) is 11.8. The van der Waals surface area contributed by atoms with Crippen LogP contribution in [0.5, 0.6) is 0 Å². The van der Waals surface area contributed by atoms with Crippen molar-refractivity contribution in [3.63, 3.8) is 0 Å². The van der Waals surface area contributed by atoms with Crippen molar-refractivity contribution in [3.8, 4) is 0 Å². The van der Waals surface area contributed by atoms with E-state index in [2.05, 4.69) is 4.74 Å². The molecule has 0 spiro atoms. The van der Waals surface area contributed by atoms with Crippen LogP contribution in [0.1, 0.15) is 6.92 Å². The topological polar surface area (TPSA) is 98.9 Å². The Morgan fingerprint density at radius 1 is 1.61 bits per heavy atom. The third-order valence-electron chi connectivity index (χ3n) is 2.69. The highest BCUT2D eigenvalue weighted by Gasteiger charge is 2.38. The van der Waals surface area contributed by atoms with Gasteiger partial charge in [-0.3, -0.25) is 4.79 Å². The molecule has 0 saturated carbocycles. The number of hydrogen-bond acceptors (Lipinski definition) is 6. The fourth-order valence-electron chi connectivity index (χ4n) is 1.54. The van der Waals surface area contributed by atoms with Gasteiger partial charge in [0.1, 0.15) is 11.1 Å². The second kappa shape index (κ2) is 5.91. The second-order valence-corrected chi connectivity index (χ2v) is 6.56. The molecule has 0 bridgehead atoms. The highest BCUT2D eigenvalue weighted by Crippen LogP contribution is 2.15. The Kier molecular flexibility index (Phi) is 5.02. The number of nitrogens with zero attached hydrogens (tertiary/aromatic N) is 1. The van der Waals surface area contributed by atoms with Crippen LogP contribution in [0.25, 0.3) is 0 Å². The molecule has 1 aliphatic heterocycles. The standard InChI is InChI=1S/C9H16N2O5S2/c1-6(9(12)15-2)18(13,14)11-3-4-16-7(5-11)8(10)17/h6-7H,3-5H2,1-2H3,(H2,10,17). The Labute approximate surface area is 111 Å². The largest absolute Gasteiger partial charge is 0.468 e. The molecule has 18 heavy (non-hydrogen) atoms. The number of sulfonamides is 1. The van der Waals surface area contributed by atoms with E-state index >= 15 is 0 Å². The molecule has 0 aliphatic carbocycles. The van der Waals surface area contributed by atoms with E-state index < -0.39 is 27.3 Å². The summed E-state index contributed by atoms with van der Waals surface area (Å²) in [5.41, 5.74) is 5.43. The average Bonchev–Trinajstić information content (AvgIpc) is 2.36. The van der Waals surface area contributed by atoms with Gasteiger partial charge in [-0.15, -0.1) is 0 Å². The summed E-state index contributed by atoms with van der Waals surface area (Å²) in [6.07, 6.45) is -0.617. The summed E-state index contributed by atoms with van der Waals surface area (Å²) >= 11 is 4.77. The van der Waals surface area contributed by atoms with E-state index in [-0.39, 0.29) is 24.7 Å². The number of thiocarbonyl (C=S) groups is 1. The van der Waals surface area contributed by atoms with E-state index in [0.717, 1.165) is 11.4 Å². The van der Waals surface area contributed by atoms with Gasteiger partial charge in [-0.2, -0.15) is 4.31 Å². The number of nitrogens with two attached hydrogens (primary N) is 1. The van der Waals surface area contributed by atoms with Crippen LogP contribution in [0.2, 0.25) is 0 Å². The lowest BCUT2D eigenvalue weighted by Crippen LogP contribution is -2.52. The molecule has 1 heterocycles. The summed E-state index contributed by atoms with van der Waals surface area (Å²) in [4.78, 5) is 11.4. The maximum atomic E-state index is 12.1. The summed E-state index contributed by atoms with van der Waals surface area (Å²) in [6.45, 7) is 1.67. The van der Waals surface area contributed by atoms with Crippen LogP contribution >= 0.6 is 12.2 Å². The van der Waals surface area contributed by atoms with Crippen LogP contribution in [0, 0.1) is 0 Å². The Morgan fingerprint density at radius 2 is 2.22 bits per heavy atom. The van der Waals surface area contributed by atoms with Crippen LogP contribution in [0.4, 0.5) is 0 Å². The molecule has 0 aromatic carbocycles. The molecule has 1 fully saturated rings. The predicted octanol–water partition coefficient (Wildman–Crippen LogP) is -1.14. The maximum absolute atomic E-state index is 12.1. The van der Waals surface area contributed by atoms with Crippen molar-refractivity contribution >= 4 is 33.2 Å². The molecule has 2 unspecified atom stereocenters. The molecule has 1 aliphatic rings. The summed E-state index contributed by atoms with van der Waals surface area (Å²) in [5.74, 6) is -0.798. The van der Waals surface area contributed by atoms with E-state index in [9.17, 15) is 13.2 Å². The molecular formula is C9H16N2O5S2. The van der Waals surface area contributed by atoms with Crippen molar-refractivity contribution in [2.75, 3.05) is 26.8 Å². The zero-order valence-electron chi connectivity index (χ0n) is 10.2. The van der Waals surface area contributed by atoms with Gasteiger partial charge in [0.05, 0.1) is 13.7 Å². The number of methoxy groups -OCH3 is 1. The van der Waals surface area contributed by atoms with Gasteiger partial charge >= 0.3 is 5.97 Å². The van der Waals surface area contributed by atoms with Gasteiger partial charge in [0.15, 0.2) is 5.25 Å². The van der Waals surface area contributed by atoms with E-state index in [4.69, 9.17) is 22.7 Å². The van der Waals surface area contributed by atoms with Gasteiger partial charge in [-0.1, -0.05) is 12.2 Å². The van der Waals surface area contributed by atoms with Crippen molar-refractivity contribution < 1.29 is 22.7 Å². The highest BCUT2D eigenvalue weighted by atomic mass is 32.2. The highest BCUT2D eigenvalue weighted by molar-refractivity contribution is 7.90. The number of carbonyl (C=O) groups is 1. The molecule has 1 rings (SSSR count). The lowest BCUT2D eigenvalue weighted by atomic mass is 10.3. The van der Waals surface area contributed by atoms with Gasteiger partial charge in [0.25, 0.3) is 0 Å². The van der Waals surface area contributed by atoms with Gasteiger partial charge in [0.2, 0.25) is 10.0 Å². The summed E-state index contributed by atoms with van der Waals surface area (Å²) < 4.78 is 35.1. The second-order valence-electron chi connectivity index (χ2n) is 3.83. The number of morpholine rings is 1. The van der Waals surface area contributed by atoms with Gasteiger partial charge < -0.3 is 15.2 Å². The van der Waals surface area contributed by atoms with Crippen molar-refractivity contribution in [1.29, 1.82) is 0 Å². The molecule has 0 aromatic rings. The van der Waals surface area contributed by atoms with E-state index in [1.807, 2.05) is 0 Å². The molecule has 0 radical (unpaired) electrons. The van der Waals surface area contributed by atoms with Crippen molar-refractivity contribution in [1.82, 2.24) is 4.31 Å². The SMILES string of the molecule is COC(=O)C(C)S(=O)(=O)N1CCOC(C(N)=S)C1. The maximum Gasteiger partial charge on any atom is 0.325 e. The minimum absolute atomic E-state index is 0.0268. The average molecular weight is 296 g/mol. The normalized spacial score (nSPS) is 23.3. The first-order chi connectivity index (χ1) is 8.30. The summed E-state index contributed by atoms with van der Waals surface area (Å²) in [7, 11) is -2.63. The van der Waals surface area contributed by atoms with Crippen LogP contribution in [-0.4, -0.2) is 61.8 Å². The quantitative estimate of drug-likeness (QED) is 0.517. The van der Waals surface area contributed by atoms with Crippen LogP contribution < -0.4 is 5.73 Å². The molecule has 0 aromatic heterocycles. The number of ether oxygens (including phenoxy) is 2. The summed E-state index contributed by atoms with van der Waals surface area (Å²) in [5, 5.41) is -1.26. The smallest absolute Gasteiger partial charge is 0.325 e. The Balaban J connectivity index is 2.85. The molecule has 0 amide bonds. The fourth-order valence-corrected chi connectivity index (χ4v) is 3.14. The molecule has 1 saturated heterocycles. The Hall–Kier alpha value is -0.770. The zero-order chi connectivity index (χ0) is 13.9. The van der Waals surface area contributed by atoms with Crippen molar-refractivity contribution in [2.45, 2.75) is 18.3 Å². The van der Waals surface area contributed by atoms with Crippen LogP contribution in [0.3, 0.4) is 0 Å². The van der Waals surface area contributed by atoms with Crippen LogP contribution in [-0.2, 0) is 24.3 Å². The molecule has 7 nitrogen and oxygen atoms in total. The third-order valence-corrected chi connectivity index (χ3v) is 5.09. The van der Waals surface area contributed by atoms with Crippen LogP contribution in [0.15, 0.2) is 0 Å². The number of hydrogen-bond donors (Lipinski definition) is 1. The van der Waals surface area contributed by atoms with Gasteiger partial charge in [-0.05, 0) is 6.92 Å². The number of rotatable bonds is 4. The van der Waals surface area contributed by atoms with E-state index in [1.165, 1.54) is 6.92 Å². The monoisotopic (exact) mass is 296 g/mol. The fraction of sp³-hybridized carbons (Fsp3) is 0.778. The Bertz CT molecular complexity index is 436. The first-order valence-electron chi connectivity index (χ1n) is 5.28. The van der Waals surface area contributed by atoms with E-state index in [1.54, 1.807) is 0 Å². The minimum atomic E-state index is -3.78. The minimum Gasteiger partial charge on any atom is -0.468 e. The lowest BCUT2D eigenvalue weighted by Gasteiger charge is -2.32. The molecule has 2 atom stereocenters. The first-order valence-corrected chi connectivity index (χ1v) is 7.19. The predicted molar refractivity (Wildman–Crippen MR) is 68.5 cm³/mol. The molecular weight excluding hydrogens is 280 g/mol. The Morgan fingerprint density at radius 3 is 2.72 bits per heavy atom. The third kappa shape index (κ3) is 3.16.